The lowest BCUT2D eigenvalue weighted by Gasteiger charge is -2.11. The molecule has 1 aliphatic carbocycles. The quantitative estimate of drug-likeness (QED) is 0.459. The zero-order chi connectivity index (χ0) is 18.8. The van der Waals surface area contributed by atoms with Crippen LogP contribution in [0.2, 0.25) is 0 Å². The van der Waals surface area contributed by atoms with E-state index in [-0.39, 0.29) is 22.2 Å². The molecular weight excluding hydrogens is 344 g/mol. The molecule has 0 saturated heterocycles. The van der Waals surface area contributed by atoms with Crippen LogP contribution in [0.5, 0.6) is 0 Å². The van der Waals surface area contributed by atoms with E-state index in [1.54, 1.807) is 14.0 Å². The van der Waals surface area contributed by atoms with Gasteiger partial charge in [0.05, 0.1) is 11.0 Å². The molecule has 1 atom stereocenters. The number of hydrogen-bond acceptors (Lipinski definition) is 4. The molecule has 6 heteroatoms. The molecule has 0 bridgehead atoms. The molecular formula is C20H24N4OS. The molecule has 0 aromatic heterocycles. The average molecular weight is 369 g/mol. The predicted octanol–water partition coefficient (Wildman–Crippen LogP) is 3.26. The first-order chi connectivity index (χ1) is 12.6. The molecule has 26 heavy (non-hydrogen) atoms. The second-order valence-electron chi connectivity index (χ2n) is 5.75. The minimum absolute atomic E-state index is 0.0957. The van der Waals surface area contributed by atoms with Gasteiger partial charge in [0.2, 0.25) is 5.91 Å². The average Bonchev–Trinajstić information content (AvgIpc) is 2.93. The van der Waals surface area contributed by atoms with E-state index in [0.717, 1.165) is 11.3 Å². The third-order valence-corrected chi connectivity index (χ3v) is 4.66. The van der Waals surface area contributed by atoms with Gasteiger partial charge in [-0.1, -0.05) is 78.5 Å². The lowest BCUT2D eigenvalue weighted by molar-refractivity contribution is -0.119. The van der Waals surface area contributed by atoms with Crippen molar-refractivity contribution in [2.75, 3.05) is 7.05 Å². The molecule has 2 rings (SSSR count). The van der Waals surface area contributed by atoms with Crippen LogP contribution in [-0.4, -0.2) is 29.1 Å². The van der Waals surface area contributed by atoms with E-state index in [2.05, 4.69) is 27.7 Å². The van der Waals surface area contributed by atoms with Crippen molar-refractivity contribution in [1.82, 2.24) is 5.32 Å². The normalized spacial score (nSPS) is 16.4. The molecule has 1 aromatic rings. The van der Waals surface area contributed by atoms with Crippen LogP contribution in [0.4, 0.5) is 0 Å². The fraction of sp³-hybridized carbons (Fsp3) is 0.250. The number of rotatable bonds is 6. The number of benzene rings is 1. The first-order valence-electron chi connectivity index (χ1n) is 8.45. The van der Waals surface area contributed by atoms with Gasteiger partial charge in [-0.25, -0.2) is 0 Å². The number of allylic oxidation sites excluding steroid dienone is 6. The molecule has 0 spiro atoms. The summed E-state index contributed by atoms with van der Waals surface area (Å²) in [6.45, 7) is 1.78. The van der Waals surface area contributed by atoms with Crippen molar-refractivity contribution in [2.45, 2.75) is 18.6 Å². The van der Waals surface area contributed by atoms with E-state index < -0.39 is 0 Å². The van der Waals surface area contributed by atoms with Crippen LogP contribution in [0, 0.1) is 5.92 Å². The van der Waals surface area contributed by atoms with E-state index in [1.807, 2.05) is 54.6 Å². The van der Waals surface area contributed by atoms with E-state index in [4.69, 9.17) is 5.73 Å². The number of carbonyl (C=O) groups is 1. The van der Waals surface area contributed by atoms with E-state index in [1.165, 1.54) is 11.8 Å². The van der Waals surface area contributed by atoms with Gasteiger partial charge in [-0.2, -0.15) is 5.10 Å². The Morgan fingerprint density at radius 2 is 1.81 bits per heavy atom. The number of nitrogens with two attached hydrogens (primary N) is 1. The molecule has 1 aromatic carbocycles. The minimum atomic E-state index is -0.321. The fourth-order valence-corrected chi connectivity index (χ4v) is 3.06. The topological polar surface area (TPSA) is 79.8 Å². The molecule has 1 aliphatic rings. The van der Waals surface area contributed by atoms with Gasteiger partial charge in [0, 0.05) is 19.4 Å². The summed E-state index contributed by atoms with van der Waals surface area (Å²) in [5.41, 5.74) is 7.80. The number of thioether (sulfide) groups is 1. The Labute approximate surface area is 158 Å². The molecule has 1 amide bonds. The smallest absolute Gasteiger partial charge is 0.233 e. The largest absolute Gasteiger partial charge is 0.377 e. The number of carbonyl (C=O) groups excluding carboxylic acids is 1. The molecule has 0 saturated carbocycles. The first-order valence-corrected chi connectivity index (χ1v) is 9.33. The van der Waals surface area contributed by atoms with Crippen LogP contribution in [0.15, 0.2) is 77.0 Å². The SMILES string of the molecule is CNC(=O)[C@H](C)S/C(N)=N/N=C(\CC1C=CC=CC=C1)c1ccccc1. The number of nitrogens with one attached hydrogen (secondary N) is 1. The standard InChI is InChI=1S/C20H24N4OS/c1-15(19(25)22-2)26-20(21)24-23-18(17-12-8-5-9-13-17)14-16-10-6-3-4-7-11-16/h3-13,15-16H,14H2,1-2H3,(H2,21,24)(H,22,25)/b23-18+/t15-/m0/s1. The van der Waals surface area contributed by atoms with E-state index in [0.29, 0.717) is 6.42 Å². The summed E-state index contributed by atoms with van der Waals surface area (Å²) < 4.78 is 0. The molecule has 0 fully saturated rings. The van der Waals surface area contributed by atoms with Crippen molar-refractivity contribution in [2.24, 2.45) is 21.9 Å². The third kappa shape index (κ3) is 6.37. The molecule has 136 valence electrons. The number of amides is 1. The van der Waals surface area contributed by atoms with E-state index in [9.17, 15) is 4.79 Å². The minimum Gasteiger partial charge on any atom is -0.377 e. The van der Waals surface area contributed by atoms with Crippen LogP contribution < -0.4 is 11.1 Å². The van der Waals surface area contributed by atoms with Crippen molar-refractivity contribution in [3.63, 3.8) is 0 Å². The Kier molecular flexibility index (Phi) is 7.89. The second kappa shape index (κ2) is 10.4. The van der Waals surface area contributed by atoms with Gasteiger partial charge in [-0.15, -0.1) is 5.10 Å². The van der Waals surface area contributed by atoms with Gasteiger partial charge in [-0.05, 0) is 12.5 Å². The highest BCUT2D eigenvalue weighted by molar-refractivity contribution is 8.14. The van der Waals surface area contributed by atoms with E-state index >= 15 is 0 Å². The first kappa shape index (κ1) is 19.7. The van der Waals surface area contributed by atoms with Gasteiger partial charge < -0.3 is 11.1 Å². The second-order valence-corrected chi connectivity index (χ2v) is 7.11. The van der Waals surface area contributed by atoms with Gasteiger partial charge in [-0.3, -0.25) is 4.79 Å². The lowest BCUT2D eigenvalue weighted by atomic mass is 9.97. The Balaban J connectivity index is 2.19. The Morgan fingerprint density at radius 1 is 1.15 bits per heavy atom. The molecule has 0 heterocycles. The summed E-state index contributed by atoms with van der Waals surface area (Å²) in [6, 6.07) is 9.93. The van der Waals surface area contributed by atoms with Crippen LogP contribution in [-0.2, 0) is 4.79 Å². The summed E-state index contributed by atoms with van der Waals surface area (Å²) in [5, 5.41) is 11.1. The third-order valence-electron chi connectivity index (χ3n) is 3.77. The highest BCUT2D eigenvalue weighted by Gasteiger charge is 2.14. The molecule has 0 unspecified atom stereocenters. The summed E-state index contributed by atoms with van der Waals surface area (Å²) in [7, 11) is 1.60. The highest BCUT2D eigenvalue weighted by atomic mass is 32.2. The Morgan fingerprint density at radius 3 is 2.42 bits per heavy atom. The van der Waals surface area contributed by atoms with Crippen LogP contribution >= 0.6 is 11.8 Å². The maximum Gasteiger partial charge on any atom is 0.233 e. The number of amidine groups is 1. The summed E-state index contributed by atoms with van der Waals surface area (Å²) in [6.07, 6.45) is 13.1. The van der Waals surface area contributed by atoms with Crippen LogP contribution in [0.25, 0.3) is 0 Å². The van der Waals surface area contributed by atoms with Crippen LogP contribution in [0.3, 0.4) is 0 Å². The zero-order valence-electron chi connectivity index (χ0n) is 15.0. The van der Waals surface area contributed by atoms with Crippen molar-refractivity contribution < 1.29 is 4.79 Å². The summed E-state index contributed by atoms with van der Waals surface area (Å²) >= 11 is 1.19. The van der Waals surface area contributed by atoms with Gasteiger partial charge >= 0.3 is 0 Å². The maximum atomic E-state index is 11.6. The maximum absolute atomic E-state index is 11.6. The van der Waals surface area contributed by atoms with Crippen molar-refractivity contribution in [3.8, 4) is 0 Å². The molecule has 0 aliphatic heterocycles. The van der Waals surface area contributed by atoms with Gasteiger partial charge in [0.15, 0.2) is 5.17 Å². The molecule has 5 nitrogen and oxygen atoms in total. The summed E-state index contributed by atoms with van der Waals surface area (Å²) in [5.74, 6) is 0.138. The van der Waals surface area contributed by atoms with Crippen molar-refractivity contribution in [3.05, 3.63) is 72.4 Å². The highest BCUT2D eigenvalue weighted by Crippen LogP contribution is 2.17. The monoisotopic (exact) mass is 368 g/mol. The zero-order valence-corrected chi connectivity index (χ0v) is 15.8. The van der Waals surface area contributed by atoms with Gasteiger partial charge in [0.1, 0.15) is 0 Å². The lowest BCUT2D eigenvalue weighted by Crippen LogP contribution is -2.29. The summed E-state index contributed by atoms with van der Waals surface area (Å²) in [4.78, 5) is 11.6. The Bertz CT molecular complexity index is 734. The predicted molar refractivity (Wildman–Crippen MR) is 111 cm³/mol. The molecule has 3 N–H and O–H groups in total. The molecule has 0 radical (unpaired) electrons. The van der Waals surface area contributed by atoms with Crippen molar-refractivity contribution >= 4 is 28.5 Å². The fourth-order valence-electron chi connectivity index (χ4n) is 2.38. The number of nitrogens with zero attached hydrogens (tertiary/aromatic N) is 2. The van der Waals surface area contributed by atoms with Crippen LogP contribution in [0.1, 0.15) is 18.9 Å². The Hall–Kier alpha value is -2.60. The van der Waals surface area contributed by atoms with Crippen molar-refractivity contribution in [1.29, 1.82) is 0 Å². The number of hydrogen-bond donors (Lipinski definition) is 2. The van der Waals surface area contributed by atoms with Gasteiger partial charge in [0.25, 0.3) is 0 Å².